The predicted molar refractivity (Wildman–Crippen MR) is 88.7 cm³/mol. The van der Waals surface area contributed by atoms with Crippen molar-refractivity contribution in [3.05, 3.63) is 16.1 Å². The van der Waals surface area contributed by atoms with Crippen LogP contribution in [0.1, 0.15) is 37.3 Å². The van der Waals surface area contributed by atoms with E-state index >= 15 is 0 Å². The van der Waals surface area contributed by atoms with Crippen LogP contribution in [-0.2, 0) is 11.2 Å². The fraction of sp³-hybridized carbons (Fsp3) is 0.600. The van der Waals surface area contributed by atoms with Crippen molar-refractivity contribution in [3.63, 3.8) is 0 Å². The number of carbonyl (C=O) groups is 1. The van der Waals surface area contributed by atoms with Crippen LogP contribution in [0.5, 0.6) is 0 Å². The Morgan fingerprint density at radius 2 is 2.10 bits per heavy atom. The van der Waals surface area contributed by atoms with Crippen molar-refractivity contribution >= 4 is 28.5 Å². The SMILES string of the molecule is CCCNCCNCC(=O)Nc1nc2c(s1)C=C(C)CC2. The number of fused-ring (bicyclic) bond motifs is 1. The van der Waals surface area contributed by atoms with Crippen LogP contribution in [0.2, 0.25) is 0 Å². The quantitative estimate of drug-likeness (QED) is 0.643. The van der Waals surface area contributed by atoms with Crippen LogP contribution in [0.4, 0.5) is 5.13 Å². The third kappa shape index (κ3) is 5.22. The topological polar surface area (TPSA) is 66.0 Å². The summed E-state index contributed by atoms with van der Waals surface area (Å²) in [5, 5.41) is 9.99. The number of allylic oxidation sites excluding steroid dienone is 1. The second kappa shape index (κ2) is 8.26. The molecule has 6 heteroatoms. The normalized spacial score (nSPS) is 13.7. The molecule has 1 aliphatic carbocycles. The van der Waals surface area contributed by atoms with E-state index in [9.17, 15) is 4.79 Å². The zero-order valence-corrected chi connectivity index (χ0v) is 13.6. The number of nitrogens with zero attached hydrogens (tertiary/aromatic N) is 1. The van der Waals surface area contributed by atoms with Gasteiger partial charge in [0.1, 0.15) is 0 Å². The average molecular weight is 308 g/mol. The molecule has 2 rings (SSSR count). The minimum atomic E-state index is -0.0303. The molecule has 0 spiro atoms. The average Bonchev–Trinajstić information content (AvgIpc) is 2.83. The highest BCUT2D eigenvalue weighted by atomic mass is 32.1. The first-order valence-electron chi connectivity index (χ1n) is 7.57. The first-order valence-corrected chi connectivity index (χ1v) is 8.39. The summed E-state index contributed by atoms with van der Waals surface area (Å²) in [6.45, 7) is 7.30. The van der Waals surface area contributed by atoms with Gasteiger partial charge in [-0.3, -0.25) is 4.79 Å². The van der Waals surface area contributed by atoms with Gasteiger partial charge in [0.15, 0.2) is 5.13 Å². The molecular formula is C15H24N4OS. The van der Waals surface area contributed by atoms with Crippen molar-refractivity contribution < 1.29 is 4.79 Å². The molecule has 0 radical (unpaired) electrons. The molecule has 5 nitrogen and oxygen atoms in total. The molecule has 3 N–H and O–H groups in total. The Morgan fingerprint density at radius 1 is 1.29 bits per heavy atom. The van der Waals surface area contributed by atoms with Gasteiger partial charge in [0.05, 0.1) is 17.1 Å². The Kier molecular flexibility index (Phi) is 6.35. The van der Waals surface area contributed by atoms with Crippen LogP contribution in [0, 0.1) is 0 Å². The molecule has 1 aromatic rings. The van der Waals surface area contributed by atoms with Gasteiger partial charge in [0.25, 0.3) is 0 Å². The van der Waals surface area contributed by atoms with Gasteiger partial charge < -0.3 is 16.0 Å². The summed E-state index contributed by atoms with van der Waals surface area (Å²) >= 11 is 1.56. The summed E-state index contributed by atoms with van der Waals surface area (Å²) in [4.78, 5) is 17.5. The Bertz CT molecular complexity index is 510. The zero-order chi connectivity index (χ0) is 15.1. The van der Waals surface area contributed by atoms with Crippen molar-refractivity contribution in [2.24, 2.45) is 0 Å². The summed E-state index contributed by atoms with van der Waals surface area (Å²) in [7, 11) is 0. The van der Waals surface area contributed by atoms with Crippen molar-refractivity contribution in [1.82, 2.24) is 15.6 Å². The van der Waals surface area contributed by atoms with E-state index < -0.39 is 0 Å². The second-order valence-corrected chi connectivity index (χ2v) is 6.33. The van der Waals surface area contributed by atoms with Gasteiger partial charge in [-0.1, -0.05) is 23.8 Å². The molecule has 0 unspecified atom stereocenters. The molecule has 0 bridgehead atoms. The lowest BCUT2D eigenvalue weighted by molar-refractivity contribution is -0.115. The van der Waals surface area contributed by atoms with E-state index in [1.54, 1.807) is 11.3 Å². The molecule has 1 aliphatic rings. The second-order valence-electron chi connectivity index (χ2n) is 5.30. The Balaban J connectivity index is 1.71. The molecule has 0 aliphatic heterocycles. The zero-order valence-electron chi connectivity index (χ0n) is 12.8. The maximum Gasteiger partial charge on any atom is 0.240 e. The van der Waals surface area contributed by atoms with Crippen LogP contribution >= 0.6 is 11.3 Å². The Morgan fingerprint density at radius 3 is 2.90 bits per heavy atom. The van der Waals surface area contributed by atoms with E-state index in [1.807, 2.05) is 0 Å². The van der Waals surface area contributed by atoms with E-state index in [2.05, 4.69) is 40.9 Å². The van der Waals surface area contributed by atoms with Crippen molar-refractivity contribution in [1.29, 1.82) is 0 Å². The first kappa shape index (κ1) is 16.1. The van der Waals surface area contributed by atoms with Gasteiger partial charge in [-0.25, -0.2) is 4.98 Å². The summed E-state index contributed by atoms with van der Waals surface area (Å²) < 4.78 is 0. The van der Waals surface area contributed by atoms with Crippen molar-refractivity contribution in [2.75, 3.05) is 31.5 Å². The van der Waals surface area contributed by atoms with Crippen molar-refractivity contribution in [2.45, 2.75) is 33.1 Å². The van der Waals surface area contributed by atoms with E-state index in [0.29, 0.717) is 11.7 Å². The molecule has 1 heterocycles. The molecule has 0 saturated carbocycles. The van der Waals surface area contributed by atoms with Crippen LogP contribution in [-0.4, -0.2) is 37.1 Å². The van der Waals surface area contributed by atoms with Crippen LogP contribution in [0.3, 0.4) is 0 Å². The summed E-state index contributed by atoms with van der Waals surface area (Å²) in [5.41, 5.74) is 2.49. The number of carbonyl (C=O) groups excluding carboxylic acids is 1. The van der Waals surface area contributed by atoms with E-state index in [4.69, 9.17) is 0 Å². The van der Waals surface area contributed by atoms with Gasteiger partial charge in [0, 0.05) is 13.1 Å². The largest absolute Gasteiger partial charge is 0.315 e. The molecule has 0 atom stereocenters. The number of anilines is 1. The first-order chi connectivity index (χ1) is 10.2. The fourth-order valence-corrected chi connectivity index (χ4v) is 3.22. The third-order valence-electron chi connectivity index (χ3n) is 3.30. The van der Waals surface area contributed by atoms with Crippen LogP contribution < -0.4 is 16.0 Å². The maximum atomic E-state index is 11.8. The molecule has 0 saturated heterocycles. The summed E-state index contributed by atoms with van der Waals surface area (Å²) in [6, 6.07) is 0. The minimum absolute atomic E-state index is 0.0303. The van der Waals surface area contributed by atoms with Crippen molar-refractivity contribution in [3.8, 4) is 0 Å². The smallest absolute Gasteiger partial charge is 0.240 e. The van der Waals surface area contributed by atoms with Gasteiger partial charge in [0.2, 0.25) is 5.91 Å². The lowest BCUT2D eigenvalue weighted by atomic mass is 10.0. The van der Waals surface area contributed by atoms with Gasteiger partial charge in [-0.05, 0) is 38.8 Å². The molecule has 1 aromatic heterocycles. The number of amides is 1. The number of aromatic nitrogens is 1. The molecular weight excluding hydrogens is 284 g/mol. The Labute approximate surface area is 130 Å². The van der Waals surface area contributed by atoms with E-state index in [-0.39, 0.29) is 5.91 Å². The van der Waals surface area contributed by atoms with Gasteiger partial charge >= 0.3 is 0 Å². The summed E-state index contributed by atoms with van der Waals surface area (Å²) in [5.74, 6) is -0.0303. The standard InChI is InChI=1S/C15H24N4OS/c1-3-6-16-7-8-17-10-14(20)19-15-18-12-5-4-11(2)9-13(12)21-15/h9,16-17H,3-8,10H2,1-2H3,(H,18,19,20). The number of thiazole rings is 1. The molecule has 0 fully saturated rings. The van der Waals surface area contributed by atoms with E-state index in [0.717, 1.165) is 44.6 Å². The monoisotopic (exact) mass is 308 g/mol. The predicted octanol–water partition coefficient (Wildman–Crippen LogP) is 2.02. The molecule has 1 amide bonds. The molecule has 21 heavy (non-hydrogen) atoms. The number of nitrogens with one attached hydrogen (secondary N) is 3. The lowest BCUT2D eigenvalue weighted by Gasteiger charge is -2.06. The number of aryl methyl sites for hydroxylation is 1. The molecule has 116 valence electrons. The summed E-state index contributed by atoms with van der Waals surface area (Å²) in [6.07, 6.45) is 5.34. The highest BCUT2D eigenvalue weighted by Crippen LogP contribution is 2.30. The lowest BCUT2D eigenvalue weighted by Crippen LogP contribution is -2.33. The number of hydrogen-bond donors (Lipinski definition) is 3. The third-order valence-corrected chi connectivity index (χ3v) is 4.26. The number of rotatable bonds is 8. The Hall–Kier alpha value is -1.24. The molecule has 0 aromatic carbocycles. The highest BCUT2D eigenvalue weighted by molar-refractivity contribution is 7.16. The van der Waals surface area contributed by atoms with Gasteiger partial charge in [-0.2, -0.15) is 0 Å². The van der Waals surface area contributed by atoms with Crippen LogP contribution in [0.15, 0.2) is 5.57 Å². The fourth-order valence-electron chi connectivity index (χ4n) is 2.16. The van der Waals surface area contributed by atoms with Crippen LogP contribution in [0.25, 0.3) is 6.08 Å². The number of hydrogen-bond acceptors (Lipinski definition) is 5. The highest BCUT2D eigenvalue weighted by Gasteiger charge is 2.15. The van der Waals surface area contributed by atoms with E-state index in [1.165, 1.54) is 10.5 Å². The minimum Gasteiger partial charge on any atom is -0.315 e. The maximum absolute atomic E-state index is 11.8. The van der Waals surface area contributed by atoms with Gasteiger partial charge in [-0.15, -0.1) is 0 Å².